The lowest BCUT2D eigenvalue weighted by atomic mass is 10.3. The Labute approximate surface area is 169 Å². The van der Waals surface area contributed by atoms with Gasteiger partial charge in [-0.1, -0.05) is 28.1 Å². The number of benzene rings is 2. The summed E-state index contributed by atoms with van der Waals surface area (Å²) in [5.41, 5.74) is 0.680. The molecule has 0 radical (unpaired) electrons. The molecule has 1 aliphatic heterocycles. The first-order valence-corrected chi connectivity index (χ1v) is 9.35. The lowest BCUT2D eigenvalue weighted by Crippen LogP contribution is -2.54. The minimum atomic E-state index is -0.545. The Hall–Kier alpha value is -2.94. The van der Waals surface area contributed by atoms with E-state index < -0.39 is 11.7 Å². The van der Waals surface area contributed by atoms with Gasteiger partial charge in [0.1, 0.15) is 12.4 Å². The van der Waals surface area contributed by atoms with Crippen LogP contribution in [-0.2, 0) is 9.59 Å². The molecule has 9 heteroatoms. The number of urea groups is 1. The molecule has 1 aliphatic rings. The molecule has 1 saturated heterocycles. The molecular weight excluding hydrogens is 431 g/mol. The third-order valence-electron chi connectivity index (χ3n) is 4.18. The molecule has 2 N–H and O–H groups in total. The molecule has 3 rings (SSSR count). The molecule has 0 bridgehead atoms. The third-order valence-corrected chi connectivity index (χ3v) is 4.71. The van der Waals surface area contributed by atoms with Crippen molar-refractivity contribution >= 4 is 45.2 Å². The quantitative estimate of drug-likeness (QED) is 0.754. The normalized spacial score (nSPS) is 14.0. The summed E-state index contributed by atoms with van der Waals surface area (Å²) in [6, 6.07) is 12.5. The highest BCUT2D eigenvalue weighted by Gasteiger charge is 2.28. The number of anilines is 2. The van der Waals surface area contributed by atoms with Crippen LogP contribution in [0.1, 0.15) is 0 Å². The van der Waals surface area contributed by atoms with Gasteiger partial charge in [-0.15, -0.1) is 0 Å². The van der Waals surface area contributed by atoms with Gasteiger partial charge in [-0.25, -0.2) is 9.18 Å². The summed E-state index contributed by atoms with van der Waals surface area (Å²) in [6.07, 6.45) is 0. The van der Waals surface area contributed by atoms with Gasteiger partial charge in [0.05, 0.1) is 12.2 Å². The van der Waals surface area contributed by atoms with Crippen LogP contribution in [0.3, 0.4) is 0 Å². The summed E-state index contributed by atoms with van der Waals surface area (Å²) in [5.74, 6) is -1.39. The Balaban J connectivity index is 1.51. The molecule has 1 fully saturated rings. The summed E-state index contributed by atoms with van der Waals surface area (Å²) in [5, 5.41) is 5.17. The molecule has 0 saturated carbocycles. The second kappa shape index (κ2) is 8.83. The van der Waals surface area contributed by atoms with E-state index in [4.69, 9.17) is 0 Å². The van der Waals surface area contributed by atoms with Crippen LogP contribution in [0.25, 0.3) is 0 Å². The van der Waals surface area contributed by atoms with Crippen LogP contribution in [0, 0.1) is 5.82 Å². The van der Waals surface area contributed by atoms with Crippen LogP contribution in [0.5, 0.6) is 0 Å². The summed E-state index contributed by atoms with van der Waals surface area (Å²) in [4.78, 5) is 39.4. The SMILES string of the molecule is O=C(CN1CCN(C(=O)Nc2ccc(Br)cc2)CC1=O)Nc1ccccc1F. The van der Waals surface area contributed by atoms with E-state index in [-0.39, 0.29) is 37.3 Å². The smallest absolute Gasteiger partial charge is 0.322 e. The zero-order valence-electron chi connectivity index (χ0n) is 14.8. The largest absolute Gasteiger partial charge is 0.330 e. The van der Waals surface area contributed by atoms with E-state index >= 15 is 0 Å². The Kier molecular flexibility index (Phi) is 6.25. The maximum atomic E-state index is 13.6. The van der Waals surface area contributed by atoms with E-state index in [9.17, 15) is 18.8 Å². The summed E-state index contributed by atoms with van der Waals surface area (Å²) >= 11 is 3.32. The lowest BCUT2D eigenvalue weighted by molar-refractivity contribution is -0.137. The summed E-state index contributed by atoms with van der Waals surface area (Å²) in [6.45, 7) is 0.184. The maximum Gasteiger partial charge on any atom is 0.322 e. The highest BCUT2D eigenvalue weighted by atomic mass is 79.9. The van der Waals surface area contributed by atoms with Crippen molar-refractivity contribution in [3.63, 3.8) is 0 Å². The topological polar surface area (TPSA) is 81.8 Å². The van der Waals surface area contributed by atoms with Gasteiger partial charge in [0, 0.05) is 23.2 Å². The number of amides is 4. The molecule has 2 aromatic rings. The van der Waals surface area contributed by atoms with Crippen molar-refractivity contribution in [2.75, 3.05) is 36.8 Å². The monoisotopic (exact) mass is 448 g/mol. The number of hydrogen-bond acceptors (Lipinski definition) is 3. The predicted octanol–water partition coefficient (Wildman–Crippen LogP) is 2.90. The molecule has 1 heterocycles. The first-order chi connectivity index (χ1) is 13.4. The number of carbonyl (C=O) groups is 3. The number of nitrogens with one attached hydrogen (secondary N) is 2. The highest BCUT2D eigenvalue weighted by Crippen LogP contribution is 2.16. The van der Waals surface area contributed by atoms with Crippen molar-refractivity contribution in [1.82, 2.24) is 9.80 Å². The summed E-state index contributed by atoms with van der Waals surface area (Å²) in [7, 11) is 0. The number of hydrogen-bond donors (Lipinski definition) is 2. The second-order valence-corrected chi connectivity index (χ2v) is 7.12. The molecule has 28 heavy (non-hydrogen) atoms. The zero-order chi connectivity index (χ0) is 20.1. The average molecular weight is 449 g/mol. The second-order valence-electron chi connectivity index (χ2n) is 6.20. The van der Waals surface area contributed by atoms with Gasteiger partial charge < -0.3 is 20.4 Å². The first kappa shape index (κ1) is 19.8. The molecule has 7 nitrogen and oxygen atoms in total. The molecule has 146 valence electrons. The number of piperazine rings is 1. The molecular formula is C19H18BrFN4O3. The molecule has 0 aromatic heterocycles. The van der Waals surface area contributed by atoms with Gasteiger partial charge in [-0.3, -0.25) is 9.59 Å². The Morgan fingerprint density at radius 2 is 1.75 bits per heavy atom. The van der Waals surface area contributed by atoms with Crippen LogP contribution in [0.4, 0.5) is 20.6 Å². The number of carbonyl (C=O) groups excluding carboxylic acids is 3. The van der Waals surface area contributed by atoms with Crippen LogP contribution in [0.15, 0.2) is 53.0 Å². The van der Waals surface area contributed by atoms with Crippen LogP contribution < -0.4 is 10.6 Å². The van der Waals surface area contributed by atoms with E-state index in [1.165, 1.54) is 28.0 Å². The lowest BCUT2D eigenvalue weighted by Gasteiger charge is -2.33. The van der Waals surface area contributed by atoms with E-state index in [2.05, 4.69) is 26.6 Å². The van der Waals surface area contributed by atoms with Crippen molar-refractivity contribution in [1.29, 1.82) is 0 Å². The van der Waals surface area contributed by atoms with Crippen LogP contribution >= 0.6 is 15.9 Å². The summed E-state index contributed by atoms with van der Waals surface area (Å²) < 4.78 is 14.5. The van der Waals surface area contributed by atoms with Gasteiger partial charge in [-0.05, 0) is 36.4 Å². The standard InChI is InChI=1S/C19H18BrFN4O3/c20-13-5-7-14(8-6-13)22-19(28)25-10-9-24(18(27)12-25)11-17(26)23-16-4-2-1-3-15(16)21/h1-8H,9-12H2,(H,22,28)(H,23,26). The zero-order valence-corrected chi connectivity index (χ0v) is 16.4. The van der Waals surface area contributed by atoms with Gasteiger partial charge in [0.25, 0.3) is 0 Å². The number of nitrogens with zero attached hydrogens (tertiary/aromatic N) is 2. The van der Waals surface area contributed by atoms with Gasteiger partial charge in [0.15, 0.2) is 0 Å². The third kappa shape index (κ3) is 5.07. The van der Waals surface area contributed by atoms with E-state index in [0.29, 0.717) is 12.2 Å². The van der Waals surface area contributed by atoms with E-state index in [1.807, 2.05) is 0 Å². The molecule has 4 amide bonds. The molecule has 0 unspecified atom stereocenters. The minimum Gasteiger partial charge on any atom is -0.330 e. The van der Waals surface area contributed by atoms with Crippen molar-refractivity contribution in [2.45, 2.75) is 0 Å². The number of rotatable bonds is 4. The fourth-order valence-electron chi connectivity index (χ4n) is 2.71. The maximum absolute atomic E-state index is 13.6. The van der Waals surface area contributed by atoms with Crippen molar-refractivity contribution in [3.05, 3.63) is 58.8 Å². The molecule has 0 spiro atoms. The van der Waals surface area contributed by atoms with E-state index in [0.717, 1.165) is 4.47 Å². The van der Waals surface area contributed by atoms with E-state index in [1.54, 1.807) is 30.3 Å². The average Bonchev–Trinajstić information content (AvgIpc) is 2.67. The van der Waals surface area contributed by atoms with Crippen molar-refractivity contribution < 1.29 is 18.8 Å². The van der Waals surface area contributed by atoms with Gasteiger partial charge in [-0.2, -0.15) is 0 Å². The molecule has 0 aliphatic carbocycles. The minimum absolute atomic E-state index is 0.0625. The first-order valence-electron chi connectivity index (χ1n) is 8.56. The number of para-hydroxylation sites is 1. The fourth-order valence-corrected chi connectivity index (χ4v) is 2.97. The number of halogens is 2. The Morgan fingerprint density at radius 3 is 2.43 bits per heavy atom. The highest BCUT2D eigenvalue weighted by molar-refractivity contribution is 9.10. The van der Waals surface area contributed by atoms with Crippen molar-refractivity contribution in [2.24, 2.45) is 0 Å². The fraction of sp³-hybridized carbons (Fsp3) is 0.211. The van der Waals surface area contributed by atoms with Crippen molar-refractivity contribution in [3.8, 4) is 0 Å². The Morgan fingerprint density at radius 1 is 1.04 bits per heavy atom. The Bertz CT molecular complexity index is 891. The molecule has 2 aromatic carbocycles. The molecule has 0 atom stereocenters. The van der Waals surface area contributed by atoms with Crippen LogP contribution in [-0.4, -0.2) is 53.8 Å². The van der Waals surface area contributed by atoms with Gasteiger partial charge >= 0.3 is 6.03 Å². The van der Waals surface area contributed by atoms with Gasteiger partial charge in [0.2, 0.25) is 11.8 Å². The predicted molar refractivity (Wildman–Crippen MR) is 106 cm³/mol. The van der Waals surface area contributed by atoms with Crippen LogP contribution in [0.2, 0.25) is 0 Å².